The molecule has 0 aliphatic rings. The summed E-state index contributed by atoms with van der Waals surface area (Å²) in [5, 5.41) is 13.8. The van der Waals surface area contributed by atoms with Gasteiger partial charge in [0.1, 0.15) is 5.75 Å². The number of urea groups is 1. The Balaban J connectivity index is 2.28. The van der Waals surface area contributed by atoms with E-state index in [9.17, 15) is 4.79 Å². The maximum absolute atomic E-state index is 11.2. The van der Waals surface area contributed by atoms with E-state index in [1.807, 2.05) is 38.1 Å². The molecule has 5 nitrogen and oxygen atoms in total. The van der Waals surface area contributed by atoms with E-state index < -0.39 is 0 Å². The average molecular weight is 266 g/mol. The molecule has 106 valence electrons. The molecule has 0 unspecified atom stereocenters. The first-order valence-corrected chi connectivity index (χ1v) is 6.50. The summed E-state index contributed by atoms with van der Waals surface area (Å²) in [7, 11) is 0. The Bertz CT molecular complexity index is 377. The highest BCUT2D eigenvalue weighted by molar-refractivity contribution is 5.73. The number of aliphatic hydroxyl groups is 1. The lowest BCUT2D eigenvalue weighted by atomic mass is 10.1. The minimum absolute atomic E-state index is 0.0509. The number of carbonyl (C=O) groups excluding carboxylic acids is 1. The van der Waals surface area contributed by atoms with Crippen molar-refractivity contribution in [1.29, 1.82) is 0 Å². The predicted octanol–water partition coefficient (Wildman–Crippen LogP) is 1.31. The van der Waals surface area contributed by atoms with Gasteiger partial charge in [0.2, 0.25) is 0 Å². The van der Waals surface area contributed by atoms with Crippen molar-refractivity contribution in [2.45, 2.75) is 26.4 Å². The summed E-state index contributed by atoms with van der Waals surface area (Å²) in [6, 6.07) is 7.59. The van der Waals surface area contributed by atoms with Gasteiger partial charge in [-0.05, 0) is 38.0 Å². The van der Waals surface area contributed by atoms with Crippen molar-refractivity contribution < 1.29 is 14.6 Å². The van der Waals surface area contributed by atoms with Crippen LogP contribution in [0.4, 0.5) is 4.79 Å². The van der Waals surface area contributed by atoms with Crippen LogP contribution in [-0.2, 0) is 6.42 Å². The minimum Gasteiger partial charge on any atom is -0.491 e. The first-order valence-electron chi connectivity index (χ1n) is 6.50. The molecule has 0 atom stereocenters. The first-order chi connectivity index (χ1) is 9.11. The molecule has 0 aromatic heterocycles. The van der Waals surface area contributed by atoms with Gasteiger partial charge in [0.25, 0.3) is 0 Å². The quantitative estimate of drug-likeness (QED) is 0.697. The Morgan fingerprint density at radius 1 is 1.21 bits per heavy atom. The number of ether oxygens (including phenoxy) is 1. The van der Waals surface area contributed by atoms with Gasteiger partial charge in [-0.2, -0.15) is 0 Å². The number of aliphatic hydroxyl groups excluding tert-OH is 1. The summed E-state index contributed by atoms with van der Waals surface area (Å²) in [5.74, 6) is 0.854. The van der Waals surface area contributed by atoms with Crippen LogP contribution >= 0.6 is 0 Å². The molecule has 0 aliphatic heterocycles. The molecule has 0 radical (unpaired) electrons. The molecule has 1 aromatic carbocycles. The van der Waals surface area contributed by atoms with E-state index in [0.29, 0.717) is 6.54 Å². The predicted molar refractivity (Wildman–Crippen MR) is 74.4 cm³/mol. The fourth-order valence-corrected chi connectivity index (χ4v) is 1.56. The molecule has 0 spiro atoms. The van der Waals surface area contributed by atoms with Gasteiger partial charge in [0.05, 0.1) is 12.7 Å². The van der Waals surface area contributed by atoms with Crippen LogP contribution < -0.4 is 15.4 Å². The van der Waals surface area contributed by atoms with Crippen molar-refractivity contribution in [1.82, 2.24) is 10.6 Å². The largest absolute Gasteiger partial charge is 0.491 e. The molecule has 0 bridgehead atoms. The number of hydrogen-bond acceptors (Lipinski definition) is 3. The Labute approximate surface area is 114 Å². The molecule has 0 aliphatic carbocycles. The van der Waals surface area contributed by atoms with Crippen LogP contribution in [0.25, 0.3) is 0 Å². The molecule has 2 amide bonds. The van der Waals surface area contributed by atoms with E-state index in [2.05, 4.69) is 10.6 Å². The lowest BCUT2D eigenvalue weighted by molar-refractivity contribution is 0.234. The number of benzene rings is 1. The SMILES string of the molecule is CC(C)Oc1ccc(CCNC(=O)NCCO)cc1. The Kier molecular flexibility index (Phi) is 6.74. The van der Waals surface area contributed by atoms with Crippen LogP contribution in [0.3, 0.4) is 0 Å². The van der Waals surface area contributed by atoms with Gasteiger partial charge in [0, 0.05) is 13.1 Å². The molecule has 5 heteroatoms. The van der Waals surface area contributed by atoms with Crippen LogP contribution in [0.15, 0.2) is 24.3 Å². The number of nitrogens with one attached hydrogen (secondary N) is 2. The highest BCUT2D eigenvalue weighted by Crippen LogP contribution is 2.13. The number of amides is 2. The molecular weight excluding hydrogens is 244 g/mol. The standard InChI is InChI=1S/C14H22N2O3/c1-11(2)19-13-5-3-12(4-6-13)7-8-15-14(18)16-9-10-17/h3-6,11,17H,7-10H2,1-2H3,(H2,15,16,18). The van der Waals surface area contributed by atoms with E-state index >= 15 is 0 Å². The van der Waals surface area contributed by atoms with E-state index in [-0.39, 0.29) is 25.3 Å². The summed E-state index contributed by atoms with van der Waals surface area (Å²) >= 11 is 0. The second-order valence-electron chi connectivity index (χ2n) is 4.47. The number of hydrogen-bond donors (Lipinski definition) is 3. The third-order valence-corrected chi connectivity index (χ3v) is 2.39. The van der Waals surface area contributed by atoms with Gasteiger partial charge in [-0.1, -0.05) is 12.1 Å². The van der Waals surface area contributed by atoms with E-state index in [4.69, 9.17) is 9.84 Å². The topological polar surface area (TPSA) is 70.6 Å². The van der Waals surface area contributed by atoms with Gasteiger partial charge in [0.15, 0.2) is 0 Å². The van der Waals surface area contributed by atoms with Gasteiger partial charge >= 0.3 is 6.03 Å². The van der Waals surface area contributed by atoms with Crippen LogP contribution in [0, 0.1) is 0 Å². The van der Waals surface area contributed by atoms with Gasteiger partial charge in [-0.15, -0.1) is 0 Å². The maximum Gasteiger partial charge on any atom is 0.314 e. The number of rotatable bonds is 7. The summed E-state index contributed by atoms with van der Waals surface area (Å²) in [6.45, 7) is 4.76. The van der Waals surface area contributed by atoms with Crippen molar-refractivity contribution in [2.75, 3.05) is 19.7 Å². The zero-order valence-electron chi connectivity index (χ0n) is 11.5. The zero-order valence-corrected chi connectivity index (χ0v) is 11.5. The fraction of sp³-hybridized carbons (Fsp3) is 0.500. The molecule has 1 aromatic rings. The zero-order chi connectivity index (χ0) is 14.1. The van der Waals surface area contributed by atoms with E-state index in [1.165, 1.54) is 0 Å². The van der Waals surface area contributed by atoms with Gasteiger partial charge in [-0.3, -0.25) is 0 Å². The highest BCUT2D eigenvalue weighted by atomic mass is 16.5. The van der Waals surface area contributed by atoms with Gasteiger partial charge in [-0.25, -0.2) is 4.79 Å². The third-order valence-electron chi connectivity index (χ3n) is 2.39. The number of carbonyl (C=O) groups is 1. The van der Waals surface area contributed by atoms with E-state index in [1.54, 1.807) is 0 Å². The molecule has 0 fully saturated rings. The first kappa shape index (κ1) is 15.3. The summed E-state index contributed by atoms with van der Waals surface area (Å²) in [6.07, 6.45) is 0.928. The lowest BCUT2D eigenvalue weighted by Gasteiger charge is -2.10. The van der Waals surface area contributed by atoms with Crippen LogP contribution in [0.5, 0.6) is 5.75 Å². The third kappa shape index (κ3) is 6.67. The Hall–Kier alpha value is -1.75. The fourth-order valence-electron chi connectivity index (χ4n) is 1.56. The van der Waals surface area contributed by atoms with Crippen molar-refractivity contribution in [2.24, 2.45) is 0 Å². The Morgan fingerprint density at radius 3 is 2.42 bits per heavy atom. The molecular formula is C14H22N2O3. The lowest BCUT2D eigenvalue weighted by Crippen LogP contribution is -2.37. The van der Waals surface area contributed by atoms with Gasteiger partial charge < -0.3 is 20.5 Å². The molecule has 1 rings (SSSR count). The van der Waals surface area contributed by atoms with Crippen molar-refractivity contribution in [3.8, 4) is 5.75 Å². The smallest absolute Gasteiger partial charge is 0.314 e. The van der Waals surface area contributed by atoms with E-state index in [0.717, 1.165) is 17.7 Å². The van der Waals surface area contributed by atoms with Crippen molar-refractivity contribution in [3.05, 3.63) is 29.8 Å². The second kappa shape index (κ2) is 8.37. The highest BCUT2D eigenvalue weighted by Gasteiger charge is 2.00. The van der Waals surface area contributed by atoms with Crippen LogP contribution in [-0.4, -0.2) is 36.9 Å². The molecule has 0 saturated carbocycles. The monoisotopic (exact) mass is 266 g/mol. The van der Waals surface area contributed by atoms with Crippen molar-refractivity contribution in [3.63, 3.8) is 0 Å². The summed E-state index contributed by atoms with van der Waals surface area (Å²) in [5.41, 5.74) is 1.14. The summed E-state index contributed by atoms with van der Waals surface area (Å²) in [4.78, 5) is 11.2. The van der Waals surface area contributed by atoms with Crippen LogP contribution in [0.1, 0.15) is 19.4 Å². The summed E-state index contributed by atoms with van der Waals surface area (Å²) < 4.78 is 5.55. The molecule has 19 heavy (non-hydrogen) atoms. The van der Waals surface area contributed by atoms with Crippen molar-refractivity contribution >= 4 is 6.03 Å². The minimum atomic E-state index is -0.256. The average Bonchev–Trinajstić information content (AvgIpc) is 2.38. The molecule has 0 saturated heterocycles. The second-order valence-corrected chi connectivity index (χ2v) is 4.47. The molecule has 3 N–H and O–H groups in total. The van der Waals surface area contributed by atoms with Crippen LogP contribution in [0.2, 0.25) is 0 Å². The molecule has 0 heterocycles. The maximum atomic E-state index is 11.2. The Morgan fingerprint density at radius 2 is 1.84 bits per heavy atom. The normalized spacial score (nSPS) is 10.3.